The summed E-state index contributed by atoms with van der Waals surface area (Å²) in [6, 6.07) is 9.99. The first-order valence-corrected chi connectivity index (χ1v) is 3.81. The van der Waals surface area contributed by atoms with Gasteiger partial charge in [0, 0.05) is 0 Å². The minimum atomic E-state index is 0.421. The molecule has 0 atom stereocenters. The highest BCUT2D eigenvalue weighted by atomic mass is 32.1. The summed E-state index contributed by atoms with van der Waals surface area (Å²) in [5, 5.41) is 2.50. The number of ether oxygens (including phenoxy) is 1. The summed E-state index contributed by atoms with van der Waals surface area (Å²) in [7, 11) is 0. The second-order valence-corrected chi connectivity index (χ2v) is 2.41. The van der Waals surface area contributed by atoms with Crippen molar-refractivity contribution in [3.8, 4) is 0 Å². The van der Waals surface area contributed by atoms with E-state index >= 15 is 0 Å². The third-order valence-electron chi connectivity index (χ3n) is 1.27. The highest BCUT2D eigenvalue weighted by Crippen LogP contribution is 1.99. The summed E-state index contributed by atoms with van der Waals surface area (Å²) in [5.74, 6) is 0. The van der Waals surface area contributed by atoms with Crippen LogP contribution in [0.2, 0.25) is 0 Å². The third-order valence-corrected chi connectivity index (χ3v) is 1.39. The highest BCUT2D eigenvalue weighted by molar-refractivity contribution is 7.79. The minimum absolute atomic E-state index is 0.421. The molecule has 0 unspecified atom stereocenters. The molecule has 0 aliphatic rings. The van der Waals surface area contributed by atoms with Gasteiger partial charge in [0.15, 0.2) is 0 Å². The lowest BCUT2D eigenvalue weighted by Crippen LogP contribution is -1.94. The van der Waals surface area contributed by atoms with Gasteiger partial charge in [-0.15, -0.1) is 0 Å². The van der Waals surface area contributed by atoms with Gasteiger partial charge in [-0.2, -0.15) is 0 Å². The largest absolute Gasteiger partial charge is 0.371 e. The van der Waals surface area contributed by atoms with Crippen LogP contribution in [0.25, 0.3) is 0 Å². The molecule has 0 saturated carbocycles. The van der Waals surface area contributed by atoms with E-state index in [9.17, 15) is 0 Å². The summed E-state index contributed by atoms with van der Waals surface area (Å²) in [5.41, 5.74) is 1.16. The zero-order valence-electron chi connectivity index (χ0n) is 6.12. The van der Waals surface area contributed by atoms with Crippen molar-refractivity contribution in [2.45, 2.75) is 6.61 Å². The Hall–Kier alpha value is -0.730. The van der Waals surface area contributed by atoms with E-state index in [0.29, 0.717) is 13.2 Å². The van der Waals surface area contributed by atoms with Crippen molar-refractivity contribution in [2.24, 2.45) is 0 Å². The van der Waals surface area contributed by atoms with Gasteiger partial charge in [-0.3, -0.25) is 0 Å². The molecule has 0 amide bonds. The Balaban J connectivity index is 2.33. The van der Waals surface area contributed by atoms with E-state index in [4.69, 9.17) is 4.74 Å². The molecular weight excluding hydrogens is 156 g/mol. The Morgan fingerprint density at radius 2 is 2.00 bits per heavy atom. The summed E-state index contributed by atoms with van der Waals surface area (Å²) in [6.07, 6.45) is 0. The van der Waals surface area contributed by atoms with E-state index in [-0.39, 0.29) is 0 Å². The van der Waals surface area contributed by atoms with E-state index in [1.165, 1.54) is 0 Å². The Bertz CT molecular complexity index is 208. The summed E-state index contributed by atoms with van der Waals surface area (Å²) in [4.78, 5) is 0. The van der Waals surface area contributed by atoms with Crippen LogP contribution in [0, 0.1) is 0 Å². The normalized spacial score (nSPS) is 9.45. The summed E-state index contributed by atoms with van der Waals surface area (Å²) < 4.78 is 5.15. The van der Waals surface area contributed by atoms with Gasteiger partial charge in [-0.1, -0.05) is 42.5 Å². The monoisotopic (exact) mass is 165 g/mol. The zero-order chi connectivity index (χ0) is 7.94. The number of rotatable bonds is 4. The van der Waals surface area contributed by atoms with E-state index in [0.717, 1.165) is 5.56 Å². The smallest absolute Gasteiger partial charge is 0.0834 e. The second-order valence-electron chi connectivity index (χ2n) is 2.12. The third kappa shape index (κ3) is 3.25. The maximum atomic E-state index is 5.15. The van der Waals surface area contributed by atoms with Crippen molar-refractivity contribution < 1.29 is 4.74 Å². The standard InChI is InChI=1S/C9H9OS/c11-7-6-10-8-9-4-2-1-3-5-9/h1-5H,6,8H2. The molecule has 0 aromatic heterocycles. The molecule has 57 valence electrons. The van der Waals surface area contributed by atoms with Crippen LogP contribution in [0.1, 0.15) is 5.56 Å². The van der Waals surface area contributed by atoms with E-state index < -0.39 is 0 Å². The Morgan fingerprint density at radius 3 is 2.64 bits per heavy atom. The SMILES string of the molecule is S=[C]COCc1ccccc1. The van der Waals surface area contributed by atoms with Crippen LogP contribution in [0.15, 0.2) is 30.3 Å². The van der Waals surface area contributed by atoms with Crippen LogP contribution in [0.4, 0.5) is 0 Å². The van der Waals surface area contributed by atoms with E-state index in [1.807, 2.05) is 30.3 Å². The van der Waals surface area contributed by atoms with Crippen molar-refractivity contribution in [1.29, 1.82) is 0 Å². The first kappa shape index (κ1) is 8.37. The second kappa shape index (κ2) is 4.99. The van der Waals surface area contributed by atoms with Crippen LogP contribution < -0.4 is 0 Å². The van der Waals surface area contributed by atoms with Crippen LogP contribution in [-0.2, 0) is 11.3 Å². The molecule has 1 aromatic rings. The lowest BCUT2D eigenvalue weighted by molar-refractivity contribution is 0.161. The van der Waals surface area contributed by atoms with Crippen molar-refractivity contribution in [1.82, 2.24) is 0 Å². The molecule has 0 bridgehead atoms. The molecule has 0 aliphatic carbocycles. The lowest BCUT2D eigenvalue weighted by atomic mass is 10.2. The van der Waals surface area contributed by atoms with Crippen LogP contribution in [0.5, 0.6) is 0 Å². The van der Waals surface area contributed by atoms with Gasteiger partial charge < -0.3 is 4.74 Å². The van der Waals surface area contributed by atoms with Crippen molar-refractivity contribution in [2.75, 3.05) is 6.61 Å². The summed E-state index contributed by atoms with van der Waals surface area (Å²) in [6.45, 7) is 1.04. The zero-order valence-corrected chi connectivity index (χ0v) is 6.93. The molecule has 2 heteroatoms. The van der Waals surface area contributed by atoms with Gasteiger partial charge in [0.1, 0.15) is 0 Å². The number of thiocarbonyl (C=S) groups is 1. The number of hydrogen-bond acceptors (Lipinski definition) is 2. The van der Waals surface area contributed by atoms with Gasteiger partial charge in [0.25, 0.3) is 0 Å². The van der Waals surface area contributed by atoms with Crippen molar-refractivity contribution >= 4 is 17.6 Å². The first-order chi connectivity index (χ1) is 5.43. The van der Waals surface area contributed by atoms with Gasteiger partial charge in [-0.05, 0) is 5.56 Å². The fourth-order valence-electron chi connectivity index (χ4n) is 0.785. The van der Waals surface area contributed by atoms with Gasteiger partial charge in [0.05, 0.1) is 18.6 Å². The van der Waals surface area contributed by atoms with Crippen molar-refractivity contribution in [3.05, 3.63) is 35.9 Å². The maximum absolute atomic E-state index is 5.15. The van der Waals surface area contributed by atoms with Gasteiger partial charge in [-0.25, -0.2) is 0 Å². The molecule has 0 N–H and O–H groups in total. The summed E-state index contributed by atoms with van der Waals surface area (Å²) >= 11 is 4.49. The number of benzene rings is 1. The Morgan fingerprint density at radius 1 is 1.27 bits per heavy atom. The molecule has 1 radical (unpaired) electrons. The fourth-order valence-corrected chi connectivity index (χ4v) is 0.868. The number of hydrogen-bond donors (Lipinski definition) is 0. The molecule has 0 spiro atoms. The Kier molecular flexibility index (Phi) is 3.80. The molecule has 0 saturated heterocycles. The van der Waals surface area contributed by atoms with Crippen LogP contribution >= 0.6 is 12.2 Å². The topological polar surface area (TPSA) is 9.23 Å². The molecule has 0 heterocycles. The van der Waals surface area contributed by atoms with Crippen LogP contribution in [-0.4, -0.2) is 12.0 Å². The quantitative estimate of drug-likeness (QED) is 0.499. The molecule has 11 heavy (non-hydrogen) atoms. The molecule has 1 aromatic carbocycles. The molecule has 1 rings (SSSR count). The van der Waals surface area contributed by atoms with Crippen molar-refractivity contribution in [3.63, 3.8) is 0 Å². The molecular formula is C9H9OS. The first-order valence-electron chi connectivity index (χ1n) is 3.40. The average molecular weight is 165 g/mol. The Labute approximate surface area is 72.0 Å². The predicted molar refractivity (Wildman–Crippen MR) is 48.7 cm³/mol. The van der Waals surface area contributed by atoms with Gasteiger partial charge in [0.2, 0.25) is 0 Å². The highest BCUT2D eigenvalue weighted by Gasteiger charge is 1.88. The molecule has 1 nitrogen and oxygen atoms in total. The maximum Gasteiger partial charge on any atom is 0.0834 e. The van der Waals surface area contributed by atoms with E-state index in [1.54, 1.807) is 0 Å². The average Bonchev–Trinajstić information content (AvgIpc) is 2.07. The van der Waals surface area contributed by atoms with E-state index in [2.05, 4.69) is 17.6 Å². The predicted octanol–water partition coefficient (Wildman–Crippen LogP) is 2.08. The lowest BCUT2D eigenvalue weighted by Gasteiger charge is -1.98. The molecule has 0 fully saturated rings. The fraction of sp³-hybridized carbons (Fsp3) is 0.222. The minimum Gasteiger partial charge on any atom is -0.371 e. The molecule has 0 aliphatic heterocycles. The van der Waals surface area contributed by atoms with Crippen LogP contribution in [0.3, 0.4) is 0 Å². The van der Waals surface area contributed by atoms with Gasteiger partial charge >= 0.3 is 0 Å².